The summed E-state index contributed by atoms with van der Waals surface area (Å²) < 4.78 is 0. The van der Waals surface area contributed by atoms with E-state index in [0.29, 0.717) is 5.54 Å². The number of benzene rings is 2. The first kappa shape index (κ1) is 27.4. The summed E-state index contributed by atoms with van der Waals surface area (Å²) in [5, 5.41) is 11.4. The predicted molar refractivity (Wildman–Crippen MR) is 132 cm³/mol. The Bertz CT molecular complexity index is 828. The van der Waals surface area contributed by atoms with E-state index in [1.54, 1.807) is 0 Å². The third-order valence-corrected chi connectivity index (χ3v) is 11.4. The monoisotopic (exact) mass is 495 g/mol. The molecule has 2 aromatic rings. The second-order valence-corrected chi connectivity index (χ2v) is 15.6. The molecule has 0 saturated carbocycles. The molecule has 0 heterocycles. The molecule has 0 amide bonds. The molecule has 0 bridgehead atoms. The second kappa shape index (κ2) is 11.3. The molecule has 0 fully saturated rings. The van der Waals surface area contributed by atoms with E-state index in [0.717, 1.165) is 11.1 Å². The Hall–Kier alpha value is -0.609. The van der Waals surface area contributed by atoms with E-state index >= 15 is 0 Å². The van der Waals surface area contributed by atoms with Gasteiger partial charge in [0.05, 0.1) is 0 Å². The van der Waals surface area contributed by atoms with Crippen LogP contribution in [0, 0.1) is 7.43 Å². The van der Waals surface area contributed by atoms with Crippen LogP contribution in [-0.4, -0.2) is 13.2 Å². The molecule has 0 saturated heterocycles. The fraction of sp³-hybridized carbons (Fsp3) is 0.320. The van der Waals surface area contributed by atoms with E-state index in [9.17, 15) is 5.11 Å². The molecule has 0 aromatic heterocycles. The summed E-state index contributed by atoms with van der Waals surface area (Å²) in [5.41, 5.74) is 8.02. The minimum absolute atomic E-state index is 0. The van der Waals surface area contributed by atoms with Crippen LogP contribution in [0.15, 0.2) is 83.0 Å². The molecule has 0 unspecified atom stereocenters. The van der Waals surface area contributed by atoms with Crippen LogP contribution in [0.2, 0.25) is 18.6 Å². The molecule has 0 aliphatic heterocycles. The molecular weight excluding hydrogens is 463 g/mol. The Balaban J connectivity index is 0.00000106. The van der Waals surface area contributed by atoms with Crippen LogP contribution in [-0.2, 0) is 22.3 Å². The normalized spacial score (nSPS) is 14.8. The van der Waals surface area contributed by atoms with Crippen molar-refractivity contribution in [1.82, 2.24) is 0 Å². The van der Waals surface area contributed by atoms with Crippen molar-refractivity contribution in [2.45, 2.75) is 51.6 Å². The summed E-state index contributed by atoms with van der Waals surface area (Å²) in [5.74, 6) is 0. The average molecular weight is 496 g/mol. The van der Waals surface area contributed by atoms with Gasteiger partial charge in [-0.1, -0.05) is 84.9 Å². The number of rotatable bonds is 4. The van der Waals surface area contributed by atoms with E-state index in [1.165, 1.54) is 22.3 Å². The van der Waals surface area contributed by atoms with Crippen LogP contribution in [0.5, 0.6) is 0 Å². The van der Waals surface area contributed by atoms with Crippen molar-refractivity contribution in [3.63, 3.8) is 0 Å². The Morgan fingerprint density at radius 3 is 1.37 bits per heavy atom. The van der Waals surface area contributed by atoms with Crippen molar-refractivity contribution in [3.05, 3.63) is 102 Å². The molecule has 162 valence electrons. The van der Waals surface area contributed by atoms with Crippen molar-refractivity contribution >= 4 is 26.7 Å². The van der Waals surface area contributed by atoms with Gasteiger partial charge < -0.3 is 12.5 Å². The average Bonchev–Trinajstić information content (AvgIpc) is 2.92. The van der Waals surface area contributed by atoms with Gasteiger partial charge in [-0.3, -0.25) is 0 Å². The number of hydrogen-bond acceptors (Lipinski definition) is 1. The molecule has 1 N–H and O–H groups in total. The van der Waals surface area contributed by atoms with E-state index in [1.807, 2.05) is 36.4 Å². The van der Waals surface area contributed by atoms with Crippen LogP contribution in [0.1, 0.15) is 38.8 Å². The third kappa shape index (κ3) is 4.90. The van der Waals surface area contributed by atoms with Crippen molar-refractivity contribution < 1.29 is 22.1 Å². The maximum absolute atomic E-state index is 12.4. The summed E-state index contributed by atoms with van der Waals surface area (Å²) in [6.07, 6.45) is 0. The van der Waals surface area contributed by atoms with Gasteiger partial charge >= 0.3 is 35.6 Å². The molecule has 5 heteroatoms. The van der Waals surface area contributed by atoms with Gasteiger partial charge in [-0.05, 0) is 50.0 Å². The molecule has 0 atom stereocenters. The zero-order valence-electron chi connectivity index (χ0n) is 19.1. The molecule has 1 aliphatic rings. The Morgan fingerprint density at radius 1 is 0.767 bits per heavy atom. The van der Waals surface area contributed by atoms with Crippen LogP contribution < -0.4 is 0 Å². The molecular formula is C25H33Cl2OSiTi-. The van der Waals surface area contributed by atoms with Gasteiger partial charge in [0.25, 0.3) is 0 Å². The van der Waals surface area contributed by atoms with Crippen molar-refractivity contribution in [2.75, 3.05) is 0 Å². The quantitative estimate of drug-likeness (QED) is 0.335. The molecule has 1 aliphatic carbocycles. The third-order valence-electron chi connectivity index (χ3n) is 6.65. The molecule has 2 aromatic carbocycles. The fourth-order valence-corrected chi connectivity index (χ4v) is 9.75. The van der Waals surface area contributed by atoms with Gasteiger partial charge in [-0.2, -0.15) is 0 Å². The predicted octanol–water partition coefficient (Wildman–Crippen LogP) is 8.05. The Kier molecular flexibility index (Phi) is 10.3. The van der Waals surface area contributed by atoms with E-state index < -0.39 is 30.3 Å². The Morgan fingerprint density at radius 2 is 1.07 bits per heavy atom. The van der Waals surface area contributed by atoms with Gasteiger partial charge in [0.1, 0.15) is 13.3 Å². The first-order chi connectivity index (χ1) is 13.6. The van der Waals surface area contributed by atoms with Crippen molar-refractivity contribution in [3.8, 4) is 0 Å². The van der Waals surface area contributed by atoms with Crippen molar-refractivity contribution in [1.29, 1.82) is 0 Å². The summed E-state index contributed by atoms with van der Waals surface area (Å²) in [6.45, 7) is 13.6. The minimum atomic E-state index is -2.28. The first-order valence-electron chi connectivity index (χ1n) is 9.79. The van der Waals surface area contributed by atoms with Crippen molar-refractivity contribution in [2.24, 2.45) is 0 Å². The van der Waals surface area contributed by atoms with Crippen LogP contribution in [0.25, 0.3) is 0 Å². The van der Waals surface area contributed by atoms with Crippen LogP contribution >= 0.6 is 18.6 Å². The molecule has 1 nitrogen and oxygen atoms in total. The van der Waals surface area contributed by atoms with Crippen LogP contribution in [0.4, 0.5) is 0 Å². The molecule has 3 rings (SSSR count). The summed E-state index contributed by atoms with van der Waals surface area (Å²) in [4.78, 5) is 0. The summed E-state index contributed by atoms with van der Waals surface area (Å²) in [6, 6.07) is 20.5. The number of aliphatic hydroxyl groups is 1. The van der Waals surface area contributed by atoms with Crippen LogP contribution in [0.3, 0.4) is 0 Å². The number of halogens is 2. The number of allylic oxidation sites excluding steroid dienone is 4. The van der Waals surface area contributed by atoms with Gasteiger partial charge in [-0.25, -0.2) is 0 Å². The second-order valence-electron chi connectivity index (χ2n) is 8.28. The summed E-state index contributed by atoms with van der Waals surface area (Å²) in [7, 11) is 7.50. The maximum atomic E-state index is 12.4. The molecule has 0 radical (unpaired) electrons. The van der Waals surface area contributed by atoms with E-state index in [4.69, 9.17) is 18.6 Å². The van der Waals surface area contributed by atoms with Gasteiger partial charge in [0.2, 0.25) is 0 Å². The topological polar surface area (TPSA) is 20.2 Å². The van der Waals surface area contributed by atoms with E-state index in [2.05, 4.69) is 65.1 Å². The van der Waals surface area contributed by atoms with Gasteiger partial charge in [0.15, 0.2) is 0 Å². The SMILES string of the molecule is CC1=C(C)C([Si](C)(C)C(O)(c2ccccc2)c2ccccc2)C(C)=C1C.[CH3-].[Cl][Ti][Cl]. The zero-order chi connectivity index (χ0) is 21.8. The molecule has 30 heavy (non-hydrogen) atoms. The standard InChI is InChI=1S/C24H30OSi.CH3.2ClH.Ti/c1-17-18(2)20(4)23(19(17)3)26(5,6)24(25,21-13-9-7-10-14-21)22-15-11-8-12-16-22;;;;/h7-16,23,25H,1-6H3;1H3;2*1H;/q;-1;;;+2/p-2. The van der Waals surface area contributed by atoms with E-state index in [-0.39, 0.29) is 7.43 Å². The number of hydrogen-bond donors (Lipinski definition) is 1. The first-order valence-corrected chi connectivity index (χ1v) is 17.2. The van der Waals surface area contributed by atoms with Gasteiger partial charge in [0, 0.05) is 5.54 Å². The zero-order valence-corrected chi connectivity index (χ0v) is 23.1. The fourth-order valence-electron chi connectivity index (χ4n) is 4.91. The Labute approximate surface area is 200 Å². The molecule has 0 spiro atoms. The van der Waals surface area contributed by atoms with Gasteiger partial charge in [-0.15, -0.1) is 0 Å². The summed E-state index contributed by atoms with van der Waals surface area (Å²) >= 11 is -0.556.